The molecule has 0 aromatic heterocycles. The topological polar surface area (TPSA) is 38.7 Å². The summed E-state index contributed by atoms with van der Waals surface area (Å²) >= 11 is 0. The van der Waals surface area contributed by atoms with E-state index < -0.39 is 11.4 Å². The molecule has 1 aromatic rings. The van der Waals surface area contributed by atoms with Crippen molar-refractivity contribution in [1.82, 2.24) is 0 Å². The van der Waals surface area contributed by atoms with Gasteiger partial charge in [0.2, 0.25) is 0 Å². The largest absolute Gasteiger partial charge is 0.340 e. The molecule has 0 bridgehead atoms. The number of hydrogen-bond acceptors (Lipinski definition) is 3. The van der Waals surface area contributed by atoms with Gasteiger partial charge in [0.05, 0.1) is 13.0 Å². The molecule has 0 aliphatic rings. The van der Waals surface area contributed by atoms with Crippen LogP contribution in [-0.2, 0) is 9.63 Å². The van der Waals surface area contributed by atoms with Crippen molar-refractivity contribution in [3.63, 3.8) is 0 Å². The van der Waals surface area contributed by atoms with Crippen LogP contribution in [0.5, 0.6) is 0 Å². The van der Waals surface area contributed by atoms with E-state index >= 15 is 0 Å². The second-order valence-corrected chi connectivity index (χ2v) is 4.20. The summed E-state index contributed by atoms with van der Waals surface area (Å²) in [4.78, 5) is 16.1. The number of nitrogens with zero attached hydrogens (tertiary/aromatic N) is 1. The quantitative estimate of drug-likeness (QED) is 0.424. The monoisotopic (exact) mass is 206 g/mol. The first-order chi connectivity index (χ1) is 7.41. The molecular formula is C12H15NO2. The summed E-state index contributed by atoms with van der Waals surface area (Å²) in [7, 11) is 0. The van der Waals surface area contributed by atoms with Gasteiger partial charge >= 0.3 is 5.97 Å². The van der Waals surface area contributed by atoms with Gasteiger partial charge in [0.1, 0.15) is 0 Å². The lowest BCUT2D eigenvalue weighted by Gasteiger charge is -2.12. The number of carbonyl (C=O) groups is 1. The van der Waals surface area contributed by atoms with Crippen molar-refractivity contribution in [3.05, 3.63) is 35.9 Å². The SMILES string of the molecule is [2H]/C(=N\OC(=O)C(C)(C)C)c1ccccc1. The summed E-state index contributed by atoms with van der Waals surface area (Å²) in [5.74, 6) is -0.451. The van der Waals surface area contributed by atoms with Crippen molar-refractivity contribution in [3.8, 4) is 0 Å². The molecule has 0 heterocycles. The predicted molar refractivity (Wildman–Crippen MR) is 59.6 cm³/mol. The van der Waals surface area contributed by atoms with Crippen LogP contribution in [0.4, 0.5) is 0 Å². The van der Waals surface area contributed by atoms with Crippen molar-refractivity contribution in [2.24, 2.45) is 10.6 Å². The number of benzene rings is 1. The smallest absolute Gasteiger partial charge is 0.318 e. The Kier molecular flexibility index (Phi) is 3.12. The Morgan fingerprint density at radius 2 is 2.00 bits per heavy atom. The minimum absolute atomic E-state index is 0.0572. The van der Waals surface area contributed by atoms with Crippen LogP contribution in [0.1, 0.15) is 27.7 Å². The van der Waals surface area contributed by atoms with Gasteiger partial charge in [-0.25, -0.2) is 4.79 Å². The van der Waals surface area contributed by atoms with E-state index in [0.717, 1.165) is 0 Å². The van der Waals surface area contributed by atoms with Crippen LogP contribution in [0.25, 0.3) is 0 Å². The zero-order chi connectivity index (χ0) is 12.2. The standard InChI is InChI=1S/C12H15NO2/c1-12(2,3)11(14)15-13-9-10-7-5-4-6-8-10/h4-9H,1-3H3/b13-9+/i9D. The Morgan fingerprint density at radius 3 is 2.53 bits per heavy atom. The van der Waals surface area contributed by atoms with Crippen LogP contribution in [0.3, 0.4) is 0 Å². The van der Waals surface area contributed by atoms with Crippen molar-refractivity contribution in [2.75, 3.05) is 0 Å². The lowest BCUT2D eigenvalue weighted by atomic mass is 9.98. The normalized spacial score (nSPS) is 13.3. The molecule has 0 atom stereocenters. The molecule has 1 rings (SSSR count). The van der Waals surface area contributed by atoms with E-state index in [1.54, 1.807) is 45.0 Å². The average molecular weight is 206 g/mol. The summed E-state index contributed by atoms with van der Waals surface area (Å²) in [5.41, 5.74) is 0.00436. The summed E-state index contributed by atoms with van der Waals surface area (Å²) in [6.45, 7) is 5.20. The molecule has 3 nitrogen and oxygen atoms in total. The minimum Gasteiger partial charge on any atom is -0.318 e. The molecule has 0 radical (unpaired) electrons. The van der Waals surface area contributed by atoms with Crippen molar-refractivity contribution >= 4 is 12.2 Å². The Bertz CT molecular complexity index is 393. The van der Waals surface area contributed by atoms with Gasteiger partial charge in [-0.2, -0.15) is 0 Å². The fraction of sp³-hybridized carbons (Fsp3) is 0.333. The lowest BCUT2D eigenvalue weighted by molar-refractivity contribution is -0.152. The van der Waals surface area contributed by atoms with Gasteiger partial charge < -0.3 is 4.84 Å². The van der Waals surface area contributed by atoms with Crippen molar-refractivity contribution in [2.45, 2.75) is 20.8 Å². The molecule has 0 amide bonds. The molecule has 0 N–H and O–H groups in total. The number of rotatable bonds is 2. The summed E-state index contributed by atoms with van der Waals surface area (Å²) in [6.07, 6.45) is -0.0572. The second kappa shape index (κ2) is 4.73. The van der Waals surface area contributed by atoms with E-state index in [-0.39, 0.29) is 6.19 Å². The van der Waals surface area contributed by atoms with Gasteiger partial charge in [-0.05, 0) is 26.3 Å². The third kappa shape index (κ3) is 3.94. The molecule has 1 aromatic carbocycles. The fourth-order valence-electron chi connectivity index (χ4n) is 0.767. The third-order valence-corrected chi connectivity index (χ3v) is 1.69. The summed E-state index contributed by atoms with van der Waals surface area (Å²) in [5, 5.41) is 3.49. The van der Waals surface area contributed by atoms with E-state index in [4.69, 9.17) is 1.37 Å². The summed E-state index contributed by atoms with van der Waals surface area (Å²) in [6, 6.07) is 8.90. The molecule has 0 spiro atoms. The van der Waals surface area contributed by atoms with Gasteiger partial charge in [-0.1, -0.05) is 35.5 Å². The Labute approximate surface area is 91.2 Å². The van der Waals surface area contributed by atoms with Crippen LogP contribution in [0.15, 0.2) is 35.5 Å². The maximum absolute atomic E-state index is 11.4. The lowest BCUT2D eigenvalue weighted by Crippen LogP contribution is -2.21. The molecule has 0 aliphatic carbocycles. The Hall–Kier alpha value is -1.64. The van der Waals surface area contributed by atoms with E-state index in [9.17, 15) is 4.79 Å². The van der Waals surface area contributed by atoms with E-state index in [1.165, 1.54) is 0 Å². The first-order valence-corrected chi connectivity index (χ1v) is 4.73. The van der Waals surface area contributed by atoms with Crippen LogP contribution < -0.4 is 0 Å². The van der Waals surface area contributed by atoms with Crippen LogP contribution >= 0.6 is 0 Å². The highest BCUT2D eigenvalue weighted by molar-refractivity contribution is 5.80. The average Bonchev–Trinajstić information content (AvgIpc) is 2.25. The van der Waals surface area contributed by atoms with Crippen molar-refractivity contribution in [1.29, 1.82) is 0 Å². The molecule has 0 saturated carbocycles. The third-order valence-electron chi connectivity index (χ3n) is 1.69. The van der Waals surface area contributed by atoms with Gasteiger partial charge in [0.15, 0.2) is 0 Å². The highest BCUT2D eigenvalue weighted by atomic mass is 16.7. The first-order valence-electron chi connectivity index (χ1n) is 5.23. The van der Waals surface area contributed by atoms with Crippen molar-refractivity contribution < 1.29 is 11.0 Å². The summed E-state index contributed by atoms with van der Waals surface area (Å²) < 4.78 is 7.58. The molecule has 0 aliphatic heterocycles. The van der Waals surface area contributed by atoms with Crippen LogP contribution in [0, 0.1) is 5.41 Å². The molecular weight excluding hydrogens is 190 g/mol. The molecule has 0 saturated heterocycles. The highest BCUT2D eigenvalue weighted by Gasteiger charge is 2.23. The fourth-order valence-corrected chi connectivity index (χ4v) is 0.767. The van der Waals surface area contributed by atoms with E-state index in [1.807, 2.05) is 6.07 Å². The first kappa shape index (κ1) is 9.90. The number of hydrogen-bond donors (Lipinski definition) is 0. The molecule has 0 fully saturated rings. The zero-order valence-corrected chi connectivity index (χ0v) is 9.15. The van der Waals surface area contributed by atoms with E-state index in [0.29, 0.717) is 5.56 Å². The van der Waals surface area contributed by atoms with Crippen LogP contribution in [-0.4, -0.2) is 12.2 Å². The van der Waals surface area contributed by atoms with Gasteiger partial charge in [-0.3, -0.25) is 0 Å². The molecule has 0 unspecified atom stereocenters. The minimum atomic E-state index is -0.611. The predicted octanol–water partition coefficient (Wildman–Crippen LogP) is 2.61. The maximum Gasteiger partial charge on any atom is 0.340 e. The molecule has 3 heteroatoms. The second-order valence-electron chi connectivity index (χ2n) is 4.20. The number of oxime groups is 1. The van der Waals surface area contributed by atoms with Gasteiger partial charge in [0.25, 0.3) is 0 Å². The number of carbonyl (C=O) groups excluding carboxylic acids is 1. The van der Waals surface area contributed by atoms with E-state index in [2.05, 4.69) is 9.99 Å². The molecule has 80 valence electrons. The Balaban J connectivity index is 2.70. The highest BCUT2D eigenvalue weighted by Crippen LogP contribution is 2.14. The zero-order valence-electron chi connectivity index (χ0n) is 10.2. The molecule has 15 heavy (non-hydrogen) atoms. The van der Waals surface area contributed by atoms with Gasteiger partial charge in [-0.15, -0.1) is 0 Å². The maximum atomic E-state index is 11.4. The Morgan fingerprint density at radius 1 is 1.40 bits per heavy atom. The van der Waals surface area contributed by atoms with Crippen LogP contribution in [0.2, 0.25) is 0 Å². The van der Waals surface area contributed by atoms with Gasteiger partial charge in [0, 0.05) is 0 Å².